The molecule has 0 bridgehead atoms. The lowest BCUT2D eigenvalue weighted by Crippen LogP contribution is -2.42. The number of hydrogen-bond acceptors (Lipinski definition) is 3. The number of rotatable bonds is 6. The second-order valence-corrected chi connectivity index (χ2v) is 7.00. The summed E-state index contributed by atoms with van der Waals surface area (Å²) < 4.78 is 0. The summed E-state index contributed by atoms with van der Waals surface area (Å²) >= 11 is 0. The van der Waals surface area contributed by atoms with Crippen molar-refractivity contribution in [2.75, 3.05) is 32.7 Å². The van der Waals surface area contributed by atoms with Crippen LogP contribution in [0.4, 0.5) is 0 Å². The van der Waals surface area contributed by atoms with Gasteiger partial charge in [0.05, 0.1) is 6.10 Å². The van der Waals surface area contributed by atoms with Gasteiger partial charge in [-0.2, -0.15) is 0 Å². The number of aliphatic hydroxyl groups excluding tert-OH is 1. The van der Waals surface area contributed by atoms with E-state index < -0.39 is 6.10 Å². The van der Waals surface area contributed by atoms with Gasteiger partial charge in [0.15, 0.2) is 0 Å². The number of aliphatic hydroxyl groups is 1. The average Bonchev–Trinajstić information content (AvgIpc) is 2.92. The number of carbonyl (C=O) groups excluding carboxylic acids is 1. The fourth-order valence-electron chi connectivity index (χ4n) is 3.29. The van der Waals surface area contributed by atoms with E-state index in [4.69, 9.17) is 0 Å². The number of amides is 1. The molecule has 1 amide bonds. The van der Waals surface area contributed by atoms with Crippen LogP contribution in [-0.2, 0) is 4.79 Å². The molecule has 2 aliphatic rings. The Hall–Kier alpha value is -2.43. The molecule has 2 heterocycles. The summed E-state index contributed by atoms with van der Waals surface area (Å²) in [5.41, 5.74) is 3.62. The molecule has 144 valence electrons. The van der Waals surface area contributed by atoms with Crippen molar-refractivity contribution < 1.29 is 9.90 Å². The predicted octanol–water partition coefficient (Wildman–Crippen LogP) is 3.18. The van der Waals surface area contributed by atoms with Gasteiger partial charge in [0, 0.05) is 38.3 Å². The zero-order valence-electron chi connectivity index (χ0n) is 16.2. The SMILES string of the molecule is C=CC1=C(/C=C\C)C(=O)N(C[C@H](O)CN2CCC(=C)/C=C\C=C/C(=C)C2)C1. The Balaban J connectivity index is 1.97. The van der Waals surface area contributed by atoms with Crippen molar-refractivity contribution in [3.05, 3.63) is 84.6 Å². The van der Waals surface area contributed by atoms with E-state index in [2.05, 4.69) is 24.6 Å². The fourth-order valence-corrected chi connectivity index (χ4v) is 3.29. The van der Waals surface area contributed by atoms with E-state index in [0.29, 0.717) is 31.8 Å². The third kappa shape index (κ3) is 6.05. The summed E-state index contributed by atoms with van der Waals surface area (Å²) in [7, 11) is 0. The molecule has 0 saturated heterocycles. The van der Waals surface area contributed by atoms with Crippen LogP contribution in [0.3, 0.4) is 0 Å². The summed E-state index contributed by atoms with van der Waals surface area (Å²) in [6.45, 7) is 16.6. The lowest BCUT2D eigenvalue weighted by molar-refractivity contribution is -0.126. The van der Waals surface area contributed by atoms with Crippen molar-refractivity contribution in [2.45, 2.75) is 19.4 Å². The normalized spacial score (nSPS) is 23.2. The van der Waals surface area contributed by atoms with Gasteiger partial charge in [0.2, 0.25) is 0 Å². The van der Waals surface area contributed by atoms with Crippen molar-refractivity contribution in [1.29, 1.82) is 0 Å². The Kier molecular flexibility index (Phi) is 7.77. The topological polar surface area (TPSA) is 43.8 Å². The van der Waals surface area contributed by atoms with Crippen molar-refractivity contribution in [2.24, 2.45) is 0 Å². The Morgan fingerprint density at radius 1 is 1.19 bits per heavy atom. The van der Waals surface area contributed by atoms with Crippen molar-refractivity contribution in [3.8, 4) is 0 Å². The van der Waals surface area contributed by atoms with Gasteiger partial charge in [-0.05, 0) is 24.5 Å². The van der Waals surface area contributed by atoms with E-state index >= 15 is 0 Å². The molecule has 4 heteroatoms. The highest BCUT2D eigenvalue weighted by molar-refractivity contribution is 6.00. The van der Waals surface area contributed by atoms with Crippen LogP contribution in [0.5, 0.6) is 0 Å². The minimum atomic E-state index is -0.631. The maximum absolute atomic E-state index is 12.6. The third-order valence-electron chi connectivity index (χ3n) is 4.66. The lowest BCUT2D eigenvalue weighted by atomic mass is 10.1. The quantitative estimate of drug-likeness (QED) is 0.785. The Morgan fingerprint density at radius 2 is 1.89 bits per heavy atom. The highest BCUT2D eigenvalue weighted by atomic mass is 16.3. The molecule has 4 nitrogen and oxygen atoms in total. The first-order chi connectivity index (χ1) is 12.9. The summed E-state index contributed by atoms with van der Waals surface area (Å²) in [5.74, 6) is -0.0473. The minimum absolute atomic E-state index is 0.0473. The Morgan fingerprint density at radius 3 is 2.56 bits per heavy atom. The number of nitrogens with zero attached hydrogens (tertiary/aromatic N) is 2. The maximum atomic E-state index is 12.6. The minimum Gasteiger partial charge on any atom is -0.390 e. The summed E-state index contributed by atoms with van der Waals surface area (Å²) in [6.07, 6.45) is 13.5. The van der Waals surface area contributed by atoms with Gasteiger partial charge in [-0.25, -0.2) is 0 Å². The van der Waals surface area contributed by atoms with Crippen LogP contribution in [0.25, 0.3) is 0 Å². The van der Waals surface area contributed by atoms with Gasteiger partial charge >= 0.3 is 0 Å². The molecule has 1 atom stereocenters. The van der Waals surface area contributed by atoms with Crippen LogP contribution >= 0.6 is 0 Å². The molecule has 27 heavy (non-hydrogen) atoms. The highest BCUT2D eigenvalue weighted by Gasteiger charge is 2.29. The van der Waals surface area contributed by atoms with Gasteiger partial charge in [-0.3, -0.25) is 9.69 Å². The van der Waals surface area contributed by atoms with Gasteiger partial charge in [0.25, 0.3) is 5.91 Å². The zero-order valence-corrected chi connectivity index (χ0v) is 16.2. The molecular formula is C23H30N2O2. The van der Waals surface area contributed by atoms with E-state index in [1.807, 2.05) is 43.4 Å². The molecule has 2 aliphatic heterocycles. The van der Waals surface area contributed by atoms with E-state index in [-0.39, 0.29) is 5.91 Å². The van der Waals surface area contributed by atoms with Crippen LogP contribution in [0.15, 0.2) is 84.6 Å². The van der Waals surface area contributed by atoms with Crippen LogP contribution in [-0.4, -0.2) is 59.6 Å². The third-order valence-corrected chi connectivity index (χ3v) is 4.66. The van der Waals surface area contributed by atoms with Gasteiger partial charge in [-0.15, -0.1) is 0 Å². The molecule has 0 aromatic heterocycles. The monoisotopic (exact) mass is 366 g/mol. The van der Waals surface area contributed by atoms with Gasteiger partial charge < -0.3 is 10.0 Å². The molecule has 2 rings (SSSR count). The number of β-amino-alcohol motifs (C(OH)–C–C–N with tert-alkyl or cyclic N) is 1. The lowest BCUT2D eigenvalue weighted by Gasteiger charge is -2.28. The Bertz CT molecular complexity index is 725. The van der Waals surface area contributed by atoms with Crippen molar-refractivity contribution >= 4 is 5.91 Å². The molecule has 0 radical (unpaired) electrons. The van der Waals surface area contributed by atoms with Crippen LogP contribution < -0.4 is 0 Å². The predicted molar refractivity (Wildman–Crippen MR) is 112 cm³/mol. The van der Waals surface area contributed by atoms with Crippen molar-refractivity contribution in [1.82, 2.24) is 9.80 Å². The van der Waals surface area contributed by atoms with Crippen molar-refractivity contribution in [3.63, 3.8) is 0 Å². The molecular weight excluding hydrogens is 336 g/mol. The number of carbonyl (C=O) groups is 1. The molecule has 0 unspecified atom stereocenters. The molecule has 0 spiro atoms. The van der Waals surface area contributed by atoms with E-state index in [9.17, 15) is 9.90 Å². The first kappa shape index (κ1) is 20.9. The molecule has 0 aliphatic carbocycles. The second-order valence-electron chi connectivity index (χ2n) is 7.00. The average molecular weight is 367 g/mol. The first-order valence-electron chi connectivity index (χ1n) is 9.32. The van der Waals surface area contributed by atoms with Gasteiger partial charge in [-0.1, -0.05) is 67.8 Å². The smallest absolute Gasteiger partial charge is 0.254 e. The maximum Gasteiger partial charge on any atom is 0.254 e. The summed E-state index contributed by atoms with van der Waals surface area (Å²) in [4.78, 5) is 16.4. The van der Waals surface area contributed by atoms with Crippen LogP contribution in [0.2, 0.25) is 0 Å². The first-order valence-corrected chi connectivity index (χ1v) is 9.32. The van der Waals surface area contributed by atoms with Crippen LogP contribution in [0.1, 0.15) is 13.3 Å². The highest BCUT2D eigenvalue weighted by Crippen LogP contribution is 2.21. The van der Waals surface area contributed by atoms with Crippen LogP contribution in [0, 0.1) is 0 Å². The van der Waals surface area contributed by atoms with E-state index in [1.165, 1.54) is 0 Å². The van der Waals surface area contributed by atoms with E-state index in [1.54, 1.807) is 11.0 Å². The standard InChI is InChI=1S/C23H30N2O2/c1-5-9-22-20(6-2)15-25(23(22)27)17-21(26)16-24-13-12-18(3)10-7-8-11-19(4)14-24/h5-11,21,26H,2-4,12-17H2,1H3/b9-5-,10-7-,11-8-/t21-/m1/s1. The molecule has 0 aromatic carbocycles. The largest absolute Gasteiger partial charge is 0.390 e. The fraction of sp³-hybridized carbons (Fsp3) is 0.348. The molecule has 1 N–H and O–H groups in total. The second kappa shape index (κ2) is 10.0. The van der Waals surface area contributed by atoms with E-state index in [0.717, 1.165) is 29.7 Å². The Labute approximate surface area is 162 Å². The zero-order chi connectivity index (χ0) is 19.8. The number of hydrogen-bond donors (Lipinski definition) is 1. The van der Waals surface area contributed by atoms with Gasteiger partial charge in [0.1, 0.15) is 0 Å². The summed E-state index contributed by atoms with van der Waals surface area (Å²) in [6, 6.07) is 0. The number of allylic oxidation sites excluding steroid dienone is 4. The molecule has 0 aromatic rings. The molecule has 0 fully saturated rings. The summed E-state index contributed by atoms with van der Waals surface area (Å²) in [5, 5.41) is 10.6. The molecule has 0 saturated carbocycles.